The van der Waals surface area contributed by atoms with Crippen LogP contribution < -0.4 is 5.32 Å². The number of halogens is 2. The number of rotatable bonds is 2. The van der Waals surface area contributed by atoms with Crippen LogP contribution in [0.2, 0.25) is 5.02 Å². The van der Waals surface area contributed by atoms with Gasteiger partial charge in [0.1, 0.15) is 5.82 Å². The van der Waals surface area contributed by atoms with E-state index in [1.54, 1.807) is 6.07 Å². The molecule has 1 saturated heterocycles. The van der Waals surface area contributed by atoms with Crippen LogP contribution in [-0.4, -0.2) is 31.1 Å². The first kappa shape index (κ1) is 11.8. The van der Waals surface area contributed by atoms with Crippen molar-refractivity contribution in [3.63, 3.8) is 0 Å². The standard InChI is InChI=1S/C12H16ClFN2/c1-9-2-3-11(13)12(14)10(9)8-16-6-4-15-5-7-16/h2-3,15H,4-8H2,1H3. The molecule has 0 saturated carbocycles. The minimum atomic E-state index is -0.264. The zero-order chi connectivity index (χ0) is 11.5. The minimum absolute atomic E-state index is 0.218. The molecule has 4 heteroatoms. The van der Waals surface area contributed by atoms with Gasteiger partial charge in [-0.05, 0) is 18.6 Å². The van der Waals surface area contributed by atoms with Crippen molar-refractivity contribution in [3.8, 4) is 0 Å². The van der Waals surface area contributed by atoms with Crippen molar-refractivity contribution in [2.45, 2.75) is 13.5 Å². The normalized spacial score (nSPS) is 17.7. The van der Waals surface area contributed by atoms with Crippen LogP contribution >= 0.6 is 11.6 Å². The lowest BCUT2D eigenvalue weighted by atomic mass is 10.1. The molecule has 0 amide bonds. The van der Waals surface area contributed by atoms with Gasteiger partial charge < -0.3 is 5.32 Å². The molecule has 88 valence electrons. The molecule has 1 aliphatic rings. The van der Waals surface area contributed by atoms with E-state index in [-0.39, 0.29) is 10.8 Å². The summed E-state index contributed by atoms with van der Waals surface area (Å²) in [5, 5.41) is 3.50. The molecule has 0 radical (unpaired) electrons. The molecule has 2 nitrogen and oxygen atoms in total. The molecular formula is C12H16ClFN2. The first-order chi connectivity index (χ1) is 7.68. The number of hydrogen-bond donors (Lipinski definition) is 1. The highest BCUT2D eigenvalue weighted by Crippen LogP contribution is 2.22. The number of piperazine rings is 1. The topological polar surface area (TPSA) is 15.3 Å². The van der Waals surface area contributed by atoms with Gasteiger partial charge in [0.2, 0.25) is 0 Å². The fourth-order valence-electron chi connectivity index (χ4n) is 1.98. The zero-order valence-electron chi connectivity index (χ0n) is 9.39. The third-order valence-corrected chi connectivity index (χ3v) is 3.31. The van der Waals surface area contributed by atoms with Gasteiger partial charge in [-0.25, -0.2) is 4.39 Å². The Hall–Kier alpha value is -0.640. The molecule has 0 unspecified atom stereocenters. The van der Waals surface area contributed by atoms with E-state index in [2.05, 4.69) is 10.2 Å². The zero-order valence-corrected chi connectivity index (χ0v) is 10.1. The van der Waals surface area contributed by atoms with Crippen molar-refractivity contribution in [1.29, 1.82) is 0 Å². The summed E-state index contributed by atoms with van der Waals surface area (Å²) in [6.45, 7) is 6.45. The molecule has 1 N–H and O–H groups in total. The Balaban J connectivity index is 2.16. The predicted octanol–water partition coefficient (Wildman–Crippen LogP) is 2.19. The van der Waals surface area contributed by atoms with Crippen LogP contribution in [0.3, 0.4) is 0 Å². The van der Waals surface area contributed by atoms with Crippen molar-refractivity contribution < 1.29 is 4.39 Å². The second-order valence-corrected chi connectivity index (χ2v) is 4.59. The number of nitrogens with zero attached hydrogens (tertiary/aromatic N) is 1. The summed E-state index contributed by atoms with van der Waals surface area (Å²) in [4.78, 5) is 2.25. The van der Waals surface area contributed by atoms with Gasteiger partial charge in [-0.3, -0.25) is 4.90 Å². The molecule has 0 spiro atoms. The smallest absolute Gasteiger partial charge is 0.146 e. The Labute approximate surface area is 100 Å². The lowest BCUT2D eigenvalue weighted by Gasteiger charge is -2.28. The van der Waals surface area contributed by atoms with Crippen molar-refractivity contribution >= 4 is 11.6 Å². The second-order valence-electron chi connectivity index (χ2n) is 4.18. The van der Waals surface area contributed by atoms with E-state index in [0.29, 0.717) is 6.54 Å². The summed E-state index contributed by atoms with van der Waals surface area (Å²) >= 11 is 5.80. The quantitative estimate of drug-likeness (QED) is 0.856. The van der Waals surface area contributed by atoms with Gasteiger partial charge in [0, 0.05) is 38.3 Å². The average Bonchev–Trinajstić information content (AvgIpc) is 2.31. The maximum atomic E-state index is 13.8. The second kappa shape index (κ2) is 5.13. The van der Waals surface area contributed by atoms with Gasteiger partial charge in [-0.15, -0.1) is 0 Å². The summed E-state index contributed by atoms with van der Waals surface area (Å²) in [5.41, 5.74) is 1.70. The first-order valence-corrected chi connectivity index (χ1v) is 5.93. The van der Waals surface area contributed by atoms with E-state index in [4.69, 9.17) is 11.6 Å². The molecule has 0 atom stereocenters. The van der Waals surface area contributed by atoms with Crippen LogP contribution in [-0.2, 0) is 6.54 Å². The summed E-state index contributed by atoms with van der Waals surface area (Å²) in [5.74, 6) is -0.264. The molecule has 0 aromatic heterocycles. The highest BCUT2D eigenvalue weighted by Gasteiger charge is 2.15. The van der Waals surface area contributed by atoms with Crippen LogP contribution in [0.15, 0.2) is 12.1 Å². The molecule has 1 aromatic carbocycles. The highest BCUT2D eigenvalue weighted by molar-refractivity contribution is 6.30. The monoisotopic (exact) mass is 242 g/mol. The Kier molecular flexibility index (Phi) is 3.79. The minimum Gasteiger partial charge on any atom is -0.314 e. The number of aryl methyl sites for hydroxylation is 1. The molecule has 2 rings (SSSR count). The summed E-state index contributed by atoms with van der Waals surface area (Å²) in [6.07, 6.45) is 0. The first-order valence-electron chi connectivity index (χ1n) is 5.55. The third-order valence-electron chi connectivity index (χ3n) is 3.02. The fraction of sp³-hybridized carbons (Fsp3) is 0.500. The van der Waals surface area contributed by atoms with E-state index in [1.165, 1.54) is 0 Å². The van der Waals surface area contributed by atoms with Crippen LogP contribution in [0, 0.1) is 12.7 Å². The number of hydrogen-bond acceptors (Lipinski definition) is 2. The molecule has 16 heavy (non-hydrogen) atoms. The van der Waals surface area contributed by atoms with E-state index >= 15 is 0 Å². The van der Waals surface area contributed by atoms with Gasteiger partial charge in [-0.1, -0.05) is 17.7 Å². The molecule has 1 aliphatic heterocycles. The lowest BCUT2D eigenvalue weighted by molar-refractivity contribution is 0.230. The van der Waals surface area contributed by atoms with Gasteiger partial charge in [0.25, 0.3) is 0 Å². The van der Waals surface area contributed by atoms with Crippen LogP contribution in [0.4, 0.5) is 4.39 Å². The largest absolute Gasteiger partial charge is 0.314 e. The van der Waals surface area contributed by atoms with Crippen molar-refractivity contribution in [3.05, 3.63) is 34.1 Å². The van der Waals surface area contributed by atoms with E-state index in [9.17, 15) is 4.39 Å². The summed E-state index contributed by atoms with van der Waals surface area (Å²) < 4.78 is 13.8. The van der Waals surface area contributed by atoms with Gasteiger partial charge >= 0.3 is 0 Å². The molecule has 1 fully saturated rings. The van der Waals surface area contributed by atoms with Gasteiger partial charge in [0.15, 0.2) is 0 Å². The maximum absolute atomic E-state index is 13.8. The molecule has 1 heterocycles. The molecule has 0 aliphatic carbocycles. The average molecular weight is 243 g/mol. The van der Waals surface area contributed by atoms with Crippen LogP contribution in [0.5, 0.6) is 0 Å². The molecular weight excluding hydrogens is 227 g/mol. The lowest BCUT2D eigenvalue weighted by Crippen LogP contribution is -2.43. The summed E-state index contributed by atoms with van der Waals surface area (Å²) in [7, 11) is 0. The van der Waals surface area contributed by atoms with Gasteiger partial charge in [0.05, 0.1) is 5.02 Å². The Morgan fingerprint density at radius 3 is 2.75 bits per heavy atom. The van der Waals surface area contributed by atoms with Crippen molar-refractivity contribution in [1.82, 2.24) is 10.2 Å². The van der Waals surface area contributed by atoms with E-state index in [0.717, 1.165) is 37.3 Å². The van der Waals surface area contributed by atoms with Crippen LogP contribution in [0.1, 0.15) is 11.1 Å². The molecule has 1 aromatic rings. The predicted molar refractivity (Wildman–Crippen MR) is 64.3 cm³/mol. The third kappa shape index (κ3) is 2.54. The summed E-state index contributed by atoms with van der Waals surface area (Å²) in [6, 6.07) is 3.50. The number of benzene rings is 1. The Morgan fingerprint density at radius 1 is 1.38 bits per heavy atom. The van der Waals surface area contributed by atoms with E-state index in [1.807, 2.05) is 13.0 Å². The fourth-order valence-corrected chi connectivity index (χ4v) is 2.15. The van der Waals surface area contributed by atoms with Crippen LogP contribution in [0.25, 0.3) is 0 Å². The van der Waals surface area contributed by atoms with Crippen molar-refractivity contribution in [2.24, 2.45) is 0 Å². The van der Waals surface area contributed by atoms with Crippen molar-refractivity contribution in [2.75, 3.05) is 26.2 Å². The Bertz CT molecular complexity index is 376. The van der Waals surface area contributed by atoms with E-state index < -0.39 is 0 Å². The highest BCUT2D eigenvalue weighted by atomic mass is 35.5. The van der Waals surface area contributed by atoms with Gasteiger partial charge in [-0.2, -0.15) is 0 Å². The Morgan fingerprint density at radius 2 is 2.06 bits per heavy atom. The SMILES string of the molecule is Cc1ccc(Cl)c(F)c1CN1CCNCC1. The number of nitrogens with one attached hydrogen (secondary N) is 1. The molecule has 0 bridgehead atoms. The maximum Gasteiger partial charge on any atom is 0.146 e.